The summed E-state index contributed by atoms with van der Waals surface area (Å²) in [5.74, 6) is 0.0316. The summed E-state index contributed by atoms with van der Waals surface area (Å²) in [5.41, 5.74) is 5.41. The van der Waals surface area contributed by atoms with Gasteiger partial charge in [-0.3, -0.25) is 0 Å². The molecule has 2 aliphatic rings. The highest BCUT2D eigenvalue weighted by Gasteiger charge is 2.25. The number of nitrogens with one attached hydrogen (secondary N) is 2. The average molecular weight is 425 g/mol. The van der Waals surface area contributed by atoms with Crippen LogP contribution in [-0.4, -0.2) is 30.7 Å². The maximum Gasteiger partial charge on any atom is 0.187 e. The number of benzene rings is 2. The predicted octanol–water partition coefficient (Wildman–Crippen LogP) is 4.95. The Morgan fingerprint density at radius 3 is 3.00 bits per heavy atom. The van der Waals surface area contributed by atoms with E-state index in [1.807, 2.05) is 6.07 Å². The highest BCUT2D eigenvalue weighted by atomic mass is 32.1. The van der Waals surface area contributed by atoms with Crippen molar-refractivity contribution in [3.05, 3.63) is 53.5 Å². The van der Waals surface area contributed by atoms with Crippen LogP contribution >= 0.6 is 11.3 Å². The molecule has 7 heteroatoms. The molecule has 0 aliphatic carbocycles. The number of aromatic nitrogens is 1. The predicted molar refractivity (Wildman–Crippen MR) is 121 cm³/mol. The molecule has 0 bridgehead atoms. The molecule has 0 fully saturated rings. The van der Waals surface area contributed by atoms with Gasteiger partial charge in [0.15, 0.2) is 16.7 Å². The number of rotatable bonds is 4. The van der Waals surface area contributed by atoms with E-state index >= 15 is 0 Å². The topological polar surface area (TPSA) is 49.4 Å². The molecule has 0 radical (unpaired) electrons. The van der Waals surface area contributed by atoms with Crippen LogP contribution in [0.4, 0.5) is 20.9 Å². The van der Waals surface area contributed by atoms with Gasteiger partial charge >= 0.3 is 0 Å². The van der Waals surface area contributed by atoms with E-state index in [-0.39, 0.29) is 11.9 Å². The molecule has 2 N–H and O–H groups in total. The van der Waals surface area contributed by atoms with E-state index in [9.17, 15) is 4.39 Å². The van der Waals surface area contributed by atoms with Crippen molar-refractivity contribution in [2.45, 2.75) is 32.9 Å². The van der Waals surface area contributed by atoms with Crippen molar-refractivity contribution in [1.82, 2.24) is 10.3 Å². The van der Waals surface area contributed by atoms with Crippen molar-refractivity contribution in [3.63, 3.8) is 0 Å². The molecule has 5 rings (SSSR count). The normalized spacial score (nSPS) is 15.5. The molecular formula is C23H25FN4OS. The van der Waals surface area contributed by atoms with Crippen LogP contribution < -0.4 is 20.3 Å². The second-order valence-electron chi connectivity index (χ2n) is 8.01. The Morgan fingerprint density at radius 1 is 1.23 bits per heavy atom. The maximum absolute atomic E-state index is 14.8. The molecule has 3 aromatic rings. The van der Waals surface area contributed by atoms with E-state index in [0.717, 1.165) is 53.0 Å². The number of nitrogens with zero attached hydrogens (tertiary/aromatic N) is 2. The van der Waals surface area contributed by atoms with Gasteiger partial charge < -0.3 is 20.3 Å². The van der Waals surface area contributed by atoms with Crippen molar-refractivity contribution in [2.24, 2.45) is 0 Å². The fourth-order valence-electron chi connectivity index (χ4n) is 4.12. The molecule has 0 spiro atoms. The zero-order valence-electron chi connectivity index (χ0n) is 17.2. The van der Waals surface area contributed by atoms with E-state index in [4.69, 9.17) is 4.74 Å². The molecule has 0 unspecified atom stereocenters. The minimum atomic E-state index is -0.320. The summed E-state index contributed by atoms with van der Waals surface area (Å²) in [7, 11) is 0. The number of anilines is 3. The first kappa shape index (κ1) is 19.3. The van der Waals surface area contributed by atoms with Gasteiger partial charge in [-0.1, -0.05) is 17.4 Å². The molecule has 1 aromatic heterocycles. The van der Waals surface area contributed by atoms with Crippen LogP contribution in [0, 0.1) is 5.82 Å². The quantitative estimate of drug-likeness (QED) is 0.621. The molecule has 2 aromatic carbocycles. The summed E-state index contributed by atoms with van der Waals surface area (Å²) in [6, 6.07) is 10.3. The van der Waals surface area contributed by atoms with Crippen molar-refractivity contribution < 1.29 is 9.13 Å². The van der Waals surface area contributed by atoms with Crippen molar-refractivity contribution in [1.29, 1.82) is 0 Å². The summed E-state index contributed by atoms with van der Waals surface area (Å²) in [4.78, 5) is 7.64. The average Bonchev–Trinajstić information content (AvgIpc) is 3.21. The highest BCUT2D eigenvalue weighted by Crippen LogP contribution is 2.41. The first-order chi connectivity index (χ1) is 14.6. The maximum atomic E-state index is 14.8. The lowest BCUT2D eigenvalue weighted by atomic mass is 10.0. The van der Waals surface area contributed by atoms with Crippen LogP contribution in [0.2, 0.25) is 0 Å². The zero-order valence-corrected chi connectivity index (χ0v) is 18.0. The van der Waals surface area contributed by atoms with Gasteiger partial charge in [0.2, 0.25) is 0 Å². The molecule has 0 saturated carbocycles. The summed E-state index contributed by atoms with van der Waals surface area (Å²) in [6.07, 6.45) is 2.84. The van der Waals surface area contributed by atoms with Crippen LogP contribution in [0.25, 0.3) is 10.4 Å². The molecule has 0 atom stereocenters. The molecule has 30 heavy (non-hydrogen) atoms. The molecule has 0 saturated heterocycles. The van der Waals surface area contributed by atoms with Crippen molar-refractivity contribution >= 4 is 27.8 Å². The third-order valence-electron chi connectivity index (χ3n) is 5.67. The Balaban J connectivity index is 1.42. The largest absolute Gasteiger partial charge is 0.486 e. The number of thiazole rings is 1. The van der Waals surface area contributed by atoms with E-state index in [2.05, 4.69) is 52.6 Å². The standard InChI is InChI=1S/C23H25FN4OS/c1-14(2)28-7-8-29-22-19(24)10-17(11-20(22)28)21-13-26-23(30-21)27-18-4-3-16-12-25-6-5-15(16)9-18/h3-4,9-11,13-14,25H,5-8,12H2,1-2H3,(H,26,27). The van der Waals surface area contributed by atoms with E-state index in [1.165, 1.54) is 22.5 Å². The third-order valence-corrected chi connectivity index (χ3v) is 6.63. The lowest BCUT2D eigenvalue weighted by Gasteiger charge is -2.34. The van der Waals surface area contributed by atoms with E-state index < -0.39 is 0 Å². The van der Waals surface area contributed by atoms with Crippen molar-refractivity contribution in [2.75, 3.05) is 29.9 Å². The molecule has 5 nitrogen and oxygen atoms in total. The molecule has 0 amide bonds. The number of ether oxygens (including phenoxy) is 1. The first-order valence-electron chi connectivity index (χ1n) is 10.4. The Kier molecular flexibility index (Phi) is 5.08. The van der Waals surface area contributed by atoms with Crippen LogP contribution in [0.5, 0.6) is 5.75 Å². The molecule has 2 aliphatic heterocycles. The second kappa shape index (κ2) is 7.89. The van der Waals surface area contributed by atoms with Gasteiger partial charge in [0.1, 0.15) is 6.61 Å². The van der Waals surface area contributed by atoms with E-state index in [0.29, 0.717) is 12.4 Å². The summed E-state index contributed by atoms with van der Waals surface area (Å²) in [6.45, 7) is 7.44. The number of hydrogen-bond acceptors (Lipinski definition) is 6. The van der Waals surface area contributed by atoms with Crippen LogP contribution in [0.15, 0.2) is 36.5 Å². The lowest BCUT2D eigenvalue weighted by Crippen LogP contribution is -2.38. The summed E-state index contributed by atoms with van der Waals surface area (Å²) >= 11 is 1.53. The highest BCUT2D eigenvalue weighted by molar-refractivity contribution is 7.18. The van der Waals surface area contributed by atoms with Crippen LogP contribution in [0.3, 0.4) is 0 Å². The third kappa shape index (κ3) is 3.63. The first-order valence-corrected chi connectivity index (χ1v) is 11.2. The molecular weight excluding hydrogens is 399 g/mol. The number of halogens is 1. The van der Waals surface area contributed by atoms with Gasteiger partial charge in [-0.2, -0.15) is 0 Å². The summed E-state index contributed by atoms with van der Waals surface area (Å²) < 4.78 is 20.4. The number of fused-ring (bicyclic) bond motifs is 2. The smallest absolute Gasteiger partial charge is 0.187 e. The Hall–Kier alpha value is -2.64. The fourth-order valence-corrected chi connectivity index (χ4v) is 4.95. The van der Waals surface area contributed by atoms with Gasteiger partial charge in [0.25, 0.3) is 0 Å². The second-order valence-corrected chi connectivity index (χ2v) is 9.04. The minimum absolute atomic E-state index is 0.278. The van der Waals surface area contributed by atoms with Crippen LogP contribution in [0.1, 0.15) is 25.0 Å². The lowest BCUT2D eigenvalue weighted by molar-refractivity contribution is 0.287. The fraction of sp³-hybridized carbons (Fsp3) is 0.348. The van der Waals surface area contributed by atoms with Gasteiger partial charge in [-0.05, 0) is 67.8 Å². The molecule has 3 heterocycles. The number of hydrogen-bond donors (Lipinski definition) is 2. The zero-order chi connectivity index (χ0) is 20.7. The Bertz CT molecular complexity index is 1080. The van der Waals surface area contributed by atoms with Crippen LogP contribution in [-0.2, 0) is 13.0 Å². The Morgan fingerprint density at radius 2 is 2.13 bits per heavy atom. The van der Waals surface area contributed by atoms with E-state index in [1.54, 1.807) is 12.3 Å². The van der Waals surface area contributed by atoms with Crippen molar-refractivity contribution in [3.8, 4) is 16.2 Å². The monoisotopic (exact) mass is 424 g/mol. The van der Waals surface area contributed by atoms with Gasteiger partial charge in [-0.15, -0.1) is 0 Å². The Labute approximate surface area is 179 Å². The van der Waals surface area contributed by atoms with Gasteiger partial charge in [-0.25, -0.2) is 9.37 Å². The summed E-state index contributed by atoms with van der Waals surface area (Å²) in [5, 5.41) is 7.60. The van der Waals surface area contributed by atoms with Gasteiger partial charge in [0.05, 0.1) is 17.1 Å². The molecule has 156 valence electrons. The minimum Gasteiger partial charge on any atom is -0.486 e. The SMILES string of the molecule is CC(C)N1CCOc2c(F)cc(-c3cnc(Nc4ccc5c(c4)CCNC5)s3)cc21. The van der Waals surface area contributed by atoms with Gasteiger partial charge in [0, 0.05) is 24.5 Å².